The predicted molar refractivity (Wildman–Crippen MR) is 91.5 cm³/mol. The number of ether oxygens (including phenoxy) is 2. The normalized spacial score (nSPS) is 10.7. The van der Waals surface area contributed by atoms with Crippen molar-refractivity contribution >= 4 is 27.9 Å². The van der Waals surface area contributed by atoms with Gasteiger partial charge in [0.05, 0.1) is 13.7 Å². The van der Waals surface area contributed by atoms with Gasteiger partial charge in [-0.05, 0) is 58.8 Å². The third-order valence-corrected chi connectivity index (χ3v) is 3.41. The number of halogens is 1. The summed E-state index contributed by atoms with van der Waals surface area (Å²) in [6.07, 6.45) is 3.04. The minimum absolute atomic E-state index is 0.203. The van der Waals surface area contributed by atoms with Crippen LogP contribution in [0.2, 0.25) is 0 Å². The second kappa shape index (κ2) is 8.43. The van der Waals surface area contributed by atoms with E-state index in [2.05, 4.69) is 21.2 Å². The lowest BCUT2D eigenvalue weighted by Gasteiger charge is -2.11. The Morgan fingerprint density at radius 3 is 2.78 bits per heavy atom. The monoisotopic (exact) mass is 379 g/mol. The molecule has 0 aliphatic carbocycles. The van der Waals surface area contributed by atoms with Gasteiger partial charge in [0.15, 0.2) is 16.2 Å². The molecule has 0 aliphatic heterocycles. The summed E-state index contributed by atoms with van der Waals surface area (Å²) in [6, 6.07) is 9.11. The highest BCUT2D eigenvalue weighted by atomic mass is 79.9. The van der Waals surface area contributed by atoms with Crippen molar-refractivity contribution in [1.29, 1.82) is 0 Å². The Morgan fingerprint density at radius 2 is 2.13 bits per heavy atom. The molecule has 0 aliphatic rings. The van der Waals surface area contributed by atoms with Crippen molar-refractivity contribution in [3.05, 3.63) is 52.4 Å². The molecule has 1 aromatic heterocycles. The van der Waals surface area contributed by atoms with Crippen molar-refractivity contribution in [3.63, 3.8) is 0 Å². The van der Waals surface area contributed by atoms with Crippen LogP contribution in [-0.2, 0) is 11.3 Å². The lowest BCUT2D eigenvalue weighted by molar-refractivity contribution is -0.116. The number of amides is 1. The van der Waals surface area contributed by atoms with Gasteiger partial charge in [-0.3, -0.25) is 4.79 Å². The molecule has 0 spiro atoms. The molecule has 1 aromatic carbocycles. The lowest BCUT2D eigenvalue weighted by Crippen LogP contribution is -2.20. The van der Waals surface area contributed by atoms with Crippen molar-refractivity contribution in [3.8, 4) is 11.5 Å². The van der Waals surface area contributed by atoms with Gasteiger partial charge in [0.1, 0.15) is 5.76 Å². The summed E-state index contributed by atoms with van der Waals surface area (Å²) in [6.45, 7) is 2.88. The maximum Gasteiger partial charge on any atom is 0.244 e. The van der Waals surface area contributed by atoms with Crippen LogP contribution < -0.4 is 14.8 Å². The van der Waals surface area contributed by atoms with E-state index in [1.165, 1.54) is 6.08 Å². The molecule has 2 aromatic rings. The van der Waals surface area contributed by atoms with Gasteiger partial charge in [0, 0.05) is 12.6 Å². The van der Waals surface area contributed by atoms with E-state index in [0.717, 1.165) is 5.56 Å². The van der Waals surface area contributed by atoms with Crippen LogP contribution in [0.3, 0.4) is 0 Å². The lowest BCUT2D eigenvalue weighted by atomic mass is 10.2. The average Bonchev–Trinajstić information content (AvgIpc) is 2.97. The molecule has 1 heterocycles. The van der Waals surface area contributed by atoms with Crippen LogP contribution in [0.4, 0.5) is 0 Å². The van der Waals surface area contributed by atoms with Gasteiger partial charge in [-0.15, -0.1) is 0 Å². The molecular weight excluding hydrogens is 362 g/mol. The largest absolute Gasteiger partial charge is 0.493 e. The summed E-state index contributed by atoms with van der Waals surface area (Å²) in [5.41, 5.74) is 0.924. The zero-order chi connectivity index (χ0) is 16.7. The molecule has 0 unspecified atom stereocenters. The number of rotatable bonds is 7. The molecule has 1 N–H and O–H groups in total. The fraction of sp³-hybridized carbons (Fsp3) is 0.235. The van der Waals surface area contributed by atoms with Crippen LogP contribution in [0.5, 0.6) is 11.5 Å². The fourth-order valence-electron chi connectivity index (χ4n) is 1.92. The maximum atomic E-state index is 11.8. The van der Waals surface area contributed by atoms with Gasteiger partial charge in [-0.2, -0.15) is 0 Å². The number of benzene rings is 1. The van der Waals surface area contributed by atoms with Crippen LogP contribution in [0.25, 0.3) is 6.08 Å². The first kappa shape index (κ1) is 17.1. The number of carbonyl (C=O) groups is 1. The summed E-state index contributed by atoms with van der Waals surface area (Å²) in [4.78, 5) is 11.8. The topological polar surface area (TPSA) is 60.7 Å². The van der Waals surface area contributed by atoms with E-state index in [9.17, 15) is 4.79 Å². The van der Waals surface area contributed by atoms with Crippen molar-refractivity contribution < 1.29 is 18.7 Å². The molecule has 0 saturated heterocycles. The SMILES string of the molecule is CCOc1ccc(CNC(=O)/C=C/c2ccc(Br)o2)cc1OC. The standard InChI is InChI=1S/C17H18BrNO4/c1-3-22-14-7-4-12(10-15(14)21-2)11-19-17(20)9-6-13-5-8-16(18)23-13/h4-10H,3,11H2,1-2H3,(H,19,20)/b9-6+. The highest BCUT2D eigenvalue weighted by Crippen LogP contribution is 2.27. The molecule has 5 nitrogen and oxygen atoms in total. The van der Waals surface area contributed by atoms with Crippen LogP contribution in [0.1, 0.15) is 18.2 Å². The summed E-state index contributed by atoms with van der Waals surface area (Å²) in [5.74, 6) is 1.74. The first-order chi connectivity index (χ1) is 11.1. The first-order valence-electron chi connectivity index (χ1n) is 7.13. The Morgan fingerprint density at radius 1 is 1.30 bits per heavy atom. The fourth-order valence-corrected chi connectivity index (χ4v) is 2.24. The van der Waals surface area contributed by atoms with E-state index in [1.807, 2.05) is 25.1 Å². The smallest absolute Gasteiger partial charge is 0.244 e. The number of hydrogen-bond acceptors (Lipinski definition) is 4. The highest BCUT2D eigenvalue weighted by Gasteiger charge is 2.06. The van der Waals surface area contributed by atoms with Crippen molar-refractivity contribution in [2.24, 2.45) is 0 Å². The second-order valence-corrected chi connectivity index (χ2v) is 5.39. The van der Waals surface area contributed by atoms with E-state index in [-0.39, 0.29) is 5.91 Å². The first-order valence-corrected chi connectivity index (χ1v) is 7.92. The number of furan rings is 1. The summed E-state index contributed by atoms with van der Waals surface area (Å²) >= 11 is 3.21. The molecule has 0 saturated carbocycles. The minimum atomic E-state index is -0.203. The summed E-state index contributed by atoms with van der Waals surface area (Å²) in [7, 11) is 1.59. The Labute approximate surface area is 143 Å². The summed E-state index contributed by atoms with van der Waals surface area (Å²) < 4.78 is 16.7. The molecule has 6 heteroatoms. The zero-order valence-electron chi connectivity index (χ0n) is 13.0. The van der Waals surface area contributed by atoms with Crippen LogP contribution in [-0.4, -0.2) is 19.6 Å². The highest BCUT2D eigenvalue weighted by molar-refractivity contribution is 9.10. The van der Waals surface area contributed by atoms with Crippen molar-refractivity contribution in [1.82, 2.24) is 5.32 Å². The van der Waals surface area contributed by atoms with Gasteiger partial charge in [0.2, 0.25) is 5.91 Å². The van der Waals surface area contributed by atoms with E-state index in [4.69, 9.17) is 13.9 Å². The Kier molecular flexibility index (Phi) is 6.29. The Balaban J connectivity index is 1.92. The van der Waals surface area contributed by atoms with Gasteiger partial charge >= 0.3 is 0 Å². The third-order valence-electron chi connectivity index (χ3n) is 2.99. The van der Waals surface area contributed by atoms with Gasteiger partial charge in [-0.25, -0.2) is 0 Å². The van der Waals surface area contributed by atoms with E-state index < -0.39 is 0 Å². The van der Waals surface area contributed by atoms with E-state index >= 15 is 0 Å². The molecule has 0 fully saturated rings. The molecule has 122 valence electrons. The molecule has 0 bridgehead atoms. The summed E-state index contributed by atoms with van der Waals surface area (Å²) in [5, 5.41) is 2.80. The van der Waals surface area contributed by atoms with Gasteiger partial charge in [-0.1, -0.05) is 6.07 Å². The number of hydrogen-bond donors (Lipinski definition) is 1. The Bertz CT molecular complexity index is 694. The molecule has 1 amide bonds. The van der Waals surface area contributed by atoms with Crippen molar-refractivity contribution in [2.75, 3.05) is 13.7 Å². The van der Waals surface area contributed by atoms with E-state index in [0.29, 0.717) is 35.1 Å². The maximum absolute atomic E-state index is 11.8. The molecule has 0 radical (unpaired) electrons. The number of methoxy groups -OCH3 is 1. The molecule has 23 heavy (non-hydrogen) atoms. The van der Waals surface area contributed by atoms with Crippen LogP contribution in [0.15, 0.2) is 45.5 Å². The second-order valence-electron chi connectivity index (χ2n) is 4.61. The average molecular weight is 380 g/mol. The van der Waals surface area contributed by atoms with Gasteiger partial charge in [0.25, 0.3) is 0 Å². The van der Waals surface area contributed by atoms with Crippen LogP contribution in [0, 0.1) is 0 Å². The number of carbonyl (C=O) groups excluding carboxylic acids is 1. The zero-order valence-corrected chi connectivity index (χ0v) is 14.6. The quantitative estimate of drug-likeness (QED) is 0.743. The van der Waals surface area contributed by atoms with Crippen LogP contribution >= 0.6 is 15.9 Å². The number of nitrogens with one attached hydrogen (secondary N) is 1. The molecule has 2 rings (SSSR count). The van der Waals surface area contributed by atoms with Crippen molar-refractivity contribution in [2.45, 2.75) is 13.5 Å². The third kappa shape index (κ3) is 5.17. The molecular formula is C17H18BrNO4. The Hall–Kier alpha value is -2.21. The molecule has 0 atom stereocenters. The minimum Gasteiger partial charge on any atom is -0.493 e. The van der Waals surface area contributed by atoms with Gasteiger partial charge < -0.3 is 19.2 Å². The predicted octanol–water partition coefficient (Wildman–Crippen LogP) is 3.78. The van der Waals surface area contributed by atoms with E-state index in [1.54, 1.807) is 25.3 Å².